The maximum absolute atomic E-state index is 12.7. The molecule has 0 bridgehead atoms. The molecule has 0 saturated heterocycles. The van der Waals surface area contributed by atoms with Gasteiger partial charge in [0.1, 0.15) is 11.9 Å². The van der Waals surface area contributed by atoms with Crippen molar-refractivity contribution in [3.63, 3.8) is 0 Å². The lowest BCUT2D eigenvalue weighted by Gasteiger charge is -2.11. The van der Waals surface area contributed by atoms with Crippen molar-refractivity contribution in [1.29, 1.82) is 0 Å². The van der Waals surface area contributed by atoms with Crippen LogP contribution in [0.4, 0.5) is 0 Å². The third kappa shape index (κ3) is 3.46. The van der Waals surface area contributed by atoms with Crippen molar-refractivity contribution >= 4 is 28.7 Å². The molecule has 6 nitrogen and oxygen atoms in total. The van der Waals surface area contributed by atoms with Crippen LogP contribution in [0.2, 0.25) is 0 Å². The van der Waals surface area contributed by atoms with E-state index in [9.17, 15) is 14.4 Å². The molecule has 138 valence electrons. The van der Waals surface area contributed by atoms with Gasteiger partial charge in [0, 0.05) is 16.5 Å². The Labute approximate surface area is 156 Å². The highest BCUT2D eigenvalue weighted by Crippen LogP contribution is 2.31. The van der Waals surface area contributed by atoms with Crippen molar-refractivity contribution in [1.82, 2.24) is 0 Å². The van der Waals surface area contributed by atoms with Gasteiger partial charge in [-0.15, -0.1) is 0 Å². The molecule has 0 aromatic heterocycles. The number of hydrogen-bond acceptors (Lipinski definition) is 6. The normalized spacial score (nSPS) is 16.3. The topological polar surface area (TPSA) is 78.9 Å². The first-order valence-electron chi connectivity index (χ1n) is 8.33. The summed E-state index contributed by atoms with van der Waals surface area (Å²) in [6, 6.07) is 9.95. The van der Waals surface area contributed by atoms with Crippen LogP contribution in [0.15, 0.2) is 59.9 Å². The molecule has 0 radical (unpaired) electrons. The number of esters is 3. The largest absolute Gasteiger partial charge is 0.452 e. The molecule has 0 amide bonds. The van der Waals surface area contributed by atoms with Crippen LogP contribution in [0.25, 0.3) is 10.8 Å². The van der Waals surface area contributed by atoms with Crippen LogP contribution in [-0.4, -0.2) is 24.0 Å². The summed E-state index contributed by atoms with van der Waals surface area (Å²) >= 11 is 0. The lowest BCUT2D eigenvalue weighted by Crippen LogP contribution is -2.12. The summed E-state index contributed by atoms with van der Waals surface area (Å²) in [5.41, 5.74) is 1.07. The standard InChI is InChI=1S/C21H18O6/c1-11(2)19(22)26-17-10-9-16(14-7-5-6-8-15(14)17)20(23)27-18-12(3)13(4)25-21(18)24/h5-10,13H,1H2,2-4H3. The summed E-state index contributed by atoms with van der Waals surface area (Å²) in [6.45, 7) is 8.49. The van der Waals surface area contributed by atoms with Gasteiger partial charge in [0.05, 0.1) is 5.56 Å². The molecule has 1 aliphatic rings. The molecule has 1 aliphatic heterocycles. The number of benzene rings is 2. The highest BCUT2D eigenvalue weighted by molar-refractivity contribution is 6.08. The molecule has 1 heterocycles. The molecule has 2 aromatic rings. The molecular formula is C21H18O6. The predicted molar refractivity (Wildman–Crippen MR) is 98.1 cm³/mol. The Morgan fingerprint density at radius 1 is 1.07 bits per heavy atom. The van der Waals surface area contributed by atoms with Gasteiger partial charge in [-0.2, -0.15) is 0 Å². The number of rotatable bonds is 4. The van der Waals surface area contributed by atoms with Gasteiger partial charge in [0.25, 0.3) is 0 Å². The SMILES string of the molecule is C=C(C)C(=O)Oc1ccc(C(=O)OC2=C(C)C(C)OC2=O)c2ccccc12. The van der Waals surface area contributed by atoms with E-state index in [0.717, 1.165) is 0 Å². The molecule has 3 rings (SSSR count). The van der Waals surface area contributed by atoms with E-state index >= 15 is 0 Å². The molecule has 0 aliphatic carbocycles. The Hall–Kier alpha value is -3.41. The predicted octanol–water partition coefficient (Wildman–Crippen LogP) is 3.70. The first-order chi connectivity index (χ1) is 12.8. The number of ether oxygens (including phenoxy) is 3. The smallest absolute Gasteiger partial charge is 0.375 e. The quantitative estimate of drug-likeness (QED) is 0.466. The van der Waals surface area contributed by atoms with Crippen LogP contribution < -0.4 is 4.74 Å². The molecule has 0 saturated carbocycles. The van der Waals surface area contributed by atoms with Crippen LogP contribution in [0.1, 0.15) is 31.1 Å². The Bertz CT molecular complexity index is 1010. The first-order valence-corrected chi connectivity index (χ1v) is 8.33. The van der Waals surface area contributed by atoms with Crippen molar-refractivity contribution < 1.29 is 28.6 Å². The monoisotopic (exact) mass is 366 g/mol. The van der Waals surface area contributed by atoms with Gasteiger partial charge in [0.2, 0.25) is 5.76 Å². The van der Waals surface area contributed by atoms with Gasteiger partial charge < -0.3 is 14.2 Å². The molecule has 1 atom stereocenters. The third-order valence-corrected chi connectivity index (χ3v) is 4.29. The van der Waals surface area contributed by atoms with Crippen molar-refractivity contribution in [2.75, 3.05) is 0 Å². The summed E-state index contributed by atoms with van der Waals surface area (Å²) in [5.74, 6) is -1.69. The van der Waals surface area contributed by atoms with E-state index in [1.54, 1.807) is 45.0 Å². The minimum Gasteiger partial charge on any atom is -0.452 e. The summed E-state index contributed by atoms with van der Waals surface area (Å²) in [5, 5.41) is 1.10. The van der Waals surface area contributed by atoms with E-state index in [0.29, 0.717) is 22.1 Å². The van der Waals surface area contributed by atoms with Gasteiger partial charge in [-0.3, -0.25) is 0 Å². The zero-order chi connectivity index (χ0) is 19.7. The summed E-state index contributed by atoms with van der Waals surface area (Å²) in [6.07, 6.45) is -0.430. The van der Waals surface area contributed by atoms with E-state index in [-0.39, 0.29) is 16.9 Å². The first kappa shape index (κ1) is 18.4. The van der Waals surface area contributed by atoms with Crippen LogP contribution in [0.3, 0.4) is 0 Å². The fraction of sp³-hybridized carbons (Fsp3) is 0.190. The summed E-state index contributed by atoms with van der Waals surface area (Å²) in [4.78, 5) is 36.3. The van der Waals surface area contributed by atoms with Crippen molar-refractivity contribution in [2.24, 2.45) is 0 Å². The number of carbonyl (C=O) groups excluding carboxylic acids is 3. The van der Waals surface area contributed by atoms with E-state index in [1.165, 1.54) is 12.1 Å². The fourth-order valence-corrected chi connectivity index (χ4v) is 2.64. The Balaban J connectivity index is 1.99. The molecule has 0 spiro atoms. The highest BCUT2D eigenvalue weighted by Gasteiger charge is 2.32. The second-order valence-electron chi connectivity index (χ2n) is 6.28. The van der Waals surface area contributed by atoms with Gasteiger partial charge in [-0.1, -0.05) is 30.8 Å². The molecule has 2 aromatic carbocycles. The Morgan fingerprint density at radius 2 is 1.74 bits per heavy atom. The van der Waals surface area contributed by atoms with Crippen LogP contribution in [0, 0.1) is 0 Å². The maximum Gasteiger partial charge on any atom is 0.375 e. The summed E-state index contributed by atoms with van der Waals surface area (Å²) < 4.78 is 15.7. The molecule has 27 heavy (non-hydrogen) atoms. The van der Waals surface area contributed by atoms with Gasteiger partial charge in [0.15, 0.2) is 0 Å². The number of carbonyl (C=O) groups is 3. The van der Waals surface area contributed by atoms with Crippen molar-refractivity contribution in [3.8, 4) is 5.75 Å². The fourth-order valence-electron chi connectivity index (χ4n) is 2.64. The van der Waals surface area contributed by atoms with Gasteiger partial charge in [-0.25, -0.2) is 14.4 Å². The van der Waals surface area contributed by atoms with E-state index < -0.39 is 24.0 Å². The minimum absolute atomic E-state index is 0.0885. The molecule has 0 N–H and O–H groups in total. The van der Waals surface area contributed by atoms with E-state index in [1.807, 2.05) is 0 Å². The second kappa shape index (κ2) is 7.07. The van der Waals surface area contributed by atoms with E-state index in [4.69, 9.17) is 14.2 Å². The third-order valence-electron chi connectivity index (χ3n) is 4.29. The Kier molecular flexibility index (Phi) is 4.81. The van der Waals surface area contributed by atoms with Crippen LogP contribution >= 0.6 is 0 Å². The lowest BCUT2D eigenvalue weighted by molar-refractivity contribution is -0.141. The average Bonchev–Trinajstić information content (AvgIpc) is 2.87. The summed E-state index contributed by atoms with van der Waals surface area (Å²) in [7, 11) is 0. The zero-order valence-corrected chi connectivity index (χ0v) is 15.2. The van der Waals surface area contributed by atoms with Crippen LogP contribution in [0.5, 0.6) is 5.75 Å². The minimum atomic E-state index is -0.690. The zero-order valence-electron chi connectivity index (χ0n) is 15.2. The lowest BCUT2D eigenvalue weighted by atomic mass is 10.0. The molecule has 1 unspecified atom stereocenters. The van der Waals surface area contributed by atoms with Crippen molar-refractivity contribution in [3.05, 3.63) is 65.4 Å². The average molecular weight is 366 g/mol. The Morgan fingerprint density at radius 3 is 2.33 bits per heavy atom. The highest BCUT2D eigenvalue weighted by atomic mass is 16.6. The molecular weight excluding hydrogens is 348 g/mol. The van der Waals surface area contributed by atoms with Crippen molar-refractivity contribution in [2.45, 2.75) is 26.9 Å². The number of hydrogen-bond donors (Lipinski definition) is 0. The molecule has 6 heteroatoms. The molecule has 0 fully saturated rings. The number of fused-ring (bicyclic) bond motifs is 1. The van der Waals surface area contributed by atoms with Crippen LogP contribution in [-0.2, 0) is 19.1 Å². The maximum atomic E-state index is 12.7. The van der Waals surface area contributed by atoms with Gasteiger partial charge in [-0.05, 0) is 38.3 Å². The number of cyclic esters (lactones) is 1. The van der Waals surface area contributed by atoms with E-state index in [2.05, 4.69) is 6.58 Å². The van der Waals surface area contributed by atoms with Gasteiger partial charge >= 0.3 is 17.9 Å². The second-order valence-corrected chi connectivity index (χ2v) is 6.28.